The Labute approximate surface area is 105 Å². The Morgan fingerprint density at radius 1 is 1.18 bits per heavy atom. The molecule has 1 aromatic heterocycles. The number of aromatic nitrogens is 2. The normalized spacial score (nSPS) is 12.4. The Balaban J connectivity index is 2.20. The summed E-state index contributed by atoms with van der Waals surface area (Å²) in [7, 11) is 0. The van der Waals surface area contributed by atoms with Gasteiger partial charge in [0.05, 0.1) is 0 Å². The summed E-state index contributed by atoms with van der Waals surface area (Å²) in [6.45, 7) is 2.01. The van der Waals surface area contributed by atoms with Crippen LogP contribution in [-0.4, -0.2) is 16.0 Å². The first-order chi connectivity index (χ1) is 8.25. The van der Waals surface area contributed by atoms with Crippen molar-refractivity contribution in [1.29, 1.82) is 0 Å². The largest absolute Gasteiger partial charge is 0.328 e. The first kappa shape index (κ1) is 12.1. The van der Waals surface area contributed by atoms with Crippen molar-refractivity contribution in [1.82, 2.24) is 9.97 Å². The molecule has 2 rings (SSSR count). The molecule has 1 unspecified atom stereocenters. The third-order valence-corrected chi connectivity index (χ3v) is 3.27. The first-order valence-electron chi connectivity index (χ1n) is 5.54. The van der Waals surface area contributed by atoms with E-state index in [1.165, 1.54) is 10.5 Å². The second-order valence-electron chi connectivity index (χ2n) is 3.92. The lowest BCUT2D eigenvalue weighted by molar-refractivity contribution is 0.729. The maximum Gasteiger partial charge on any atom is 0.192 e. The second-order valence-corrected chi connectivity index (χ2v) is 4.93. The zero-order valence-corrected chi connectivity index (χ0v) is 10.5. The molecule has 88 valence electrons. The Morgan fingerprint density at radius 3 is 2.59 bits per heavy atom. The molecule has 1 heterocycles. The molecular formula is C13H15N3S. The van der Waals surface area contributed by atoms with Crippen LogP contribution >= 0.6 is 11.8 Å². The molecule has 0 spiro atoms. The molecule has 0 aliphatic carbocycles. The number of nitrogens with two attached hydrogens (primary N) is 1. The maximum absolute atomic E-state index is 5.85. The highest BCUT2D eigenvalue weighted by Gasteiger charge is 2.07. The Kier molecular flexibility index (Phi) is 4.12. The maximum atomic E-state index is 5.85. The van der Waals surface area contributed by atoms with Gasteiger partial charge in [-0.3, -0.25) is 0 Å². The monoisotopic (exact) mass is 245 g/mol. The molecule has 0 aliphatic heterocycles. The van der Waals surface area contributed by atoms with Gasteiger partial charge in [0.2, 0.25) is 0 Å². The molecule has 2 aromatic rings. The van der Waals surface area contributed by atoms with Crippen molar-refractivity contribution in [3.05, 3.63) is 48.3 Å². The van der Waals surface area contributed by atoms with Crippen LogP contribution in [0.15, 0.2) is 52.8 Å². The van der Waals surface area contributed by atoms with Gasteiger partial charge in [-0.1, -0.05) is 18.2 Å². The fraction of sp³-hybridized carbons (Fsp3) is 0.231. The minimum absolute atomic E-state index is 0.161. The highest BCUT2D eigenvalue weighted by molar-refractivity contribution is 7.99. The molecule has 0 fully saturated rings. The van der Waals surface area contributed by atoms with E-state index in [4.69, 9.17) is 5.73 Å². The highest BCUT2D eigenvalue weighted by Crippen LogP contribution is 2.27. The Hall–Kier alpha value is -1.39. The standard InChI is InChI=1S/C13H15N3S/c1-10(14)9-11-5-2-3-6-12(11)17-13-15-7-4-8-16-13/h2-8,10H,9,14H2,1H3. The van der Waals surface area contributed by atoms with Crippen LogP contribution in [0, 0.1) is 0 Å². The molecule has 2 N–H and O–H groups in total. The van der Waals surface area contributed by atoms with Crippen molar-refractivity contribution >= 4 is 11.8 Å². The number of hydrogen-bond donors (Lipinski definition) is 1. The van der Waals surface area contributed by atoms with Crippen LogP contribution in [0.3, 0.4) is 0 Å². The van der Waals surface area contributed by atoms with Crippen molar-refractivity contribution in [2.45, 2.75) is 29.4 Å². The van der Waals surface area contributed by atoms with E-state index in [9.17, 15) is 0 Å². The van der Waals surface area contributed by atoms with E-state index in [1.54, 1.807) is 24.2 Å². The fourth-order valence-corrected chi connectivity index (χ4v) is 2.41. The van der Waals surface area contributed by atoms with Crippen LogP contribution in [0.1, 0.15) is 12.5 Å². The lowest BCUT2D eigenvalue weighted by atomic mass is 10.1. The zero-order chi connectivity index (χ0) is 12.1. The number of rotatable bonds is 4. The summed E-state index contributed by atoms with van der Waals surface area (Å²) >= 11 is 1.58. The molecule has 0 amide bonds. The third kappa shape index (κ3) is 3.54. The summed E-state index contributed by atoms with van der Waals surface area (Å²) in [5.74, 6) is 0. The molecule has 3 nitrogen and oxygen atoms in total. The average molecular weight is 245 g/mol. The Morgan fingerprint density at radius 2 is 1.88 bits per heavy atom. The van der Waals surface area contributed by atoms with Crippen LogP contribution < -0.4 is 5.73 Å². The van der Waals surface area contributed by atoms with E-state index in [-0.39, 0.29) is 6.04 Å². The summed E-state index contributed by atoms with van der Waals surface area (Å²) in [5, 5.41) is 0.768. The van der Waals surface area contributed by atoms with Crippen molar-refractivity contribution in [3.63, 3.8) is 0 Å². The van der Waals surface area contributed by atoms with Crippen LogP contribution in [0.5, 0.6) is 0 Å². The van der Waals surface area contributed by atoms with E-state index in [1.807, 2.05) is 25.1 Å². The van der Waals surface area contributed by atoms with Crippen molar-refractivity contribution < 1.29 is 0 Å². The predicted molar refractivity (Wildman–Crippen MR) is 70.0 cm³/mol. The number of hydrogen-bond acceptors (Lipinski definition) is 4. The smallest absolute Gasteiger partial charge is 0.192 e. The van der Waals surface area contributed by atoms with Crippen LogP contribution in [0.2, 0.25) is 0 Å². The van der Waals surface area contributed by atoms with Gasteiger partial charge < -0.3 is 5.73 Å². The quantitative estimate of drug-likeness (QED) is 0.841. The SMILES string of the molecule is CC(N)Cc1ccccc1Sc1ncccn1. The summed E-state index contributed by atoms with van der Waals surface area (Å²) in [5.41, 5.74) is 7.10. The first-order valence-corrected chi connectivity index (χ1v) is 6.35. The van der Waals surface area contributed by atoms with Gasteiger partial charge in [-0.25, -0.2) is 9.97 Å². The van der Waals surface area contributed by atoms with Crippen molar-refractivity contribution in [2.75, 3.05) is 0 Å². The average Bonchev–Trinajstić information content (AvgIpc) is 2.32. The molecule has 0 bridgehead atoms. The second kappa shape index (κ2) is 5.80. The van der Waals surface area contributed by atoms with E-state index >= 15 is 0 Å². The van der Waals surface area contributed by atoms with Gasteiger partial charge in [0.1, 0.15) is 0 Å². The van der Waals surface area contributed by atoms with E-state index in [2.05, 4.69) is 22.1 Å². The van der Waals surface area contributed by atoms with Gasteiger partial charge in [0.15, 0.2) is 5.16 Å². The molecular weight excluding hydrogens is 230 g/mol. The molecule has 0 aliphatic rings. The van der Waals surface area contributed by atoms with Crippen LogP contribution in [-0.2, 0) is 6.42 Å². The van der Waals surface area contributed by atoms with Crippen molar-refractivity contribution in [2.24, 2.45) is 5.73 Å². The minimum atomic E-state index is 0.161. The molecule has 1 aromatic carbocycles. The molecule has 4 heteroatoms. The number of nitrogens with zero attached hydrogens (tertiary/aromatic N) is 2. The van der Waals surface area contributed by atoms with Gasteiger partial charge in [-0.15, -0.1) is 0 Å². The summed E-state index contributed by atoms with van der Waals surface area (Å²) in [4.78, 5) is 9.61. The van der Waals surface area contributed by atoms with Gasteiger partial charge >= 0.3 is 0 Å². The van der Waals surface area contributed by atoms with Gasteiger partial charge in [0.25, 0.3) is 0 Å². The summed E-state index contributed by atoms with van der Waals surface area (Å²) < 4.78 is 0. The molecule has 17 heavy (non-hydrogen) atoms. The van der Waals surface area contributed by atoms with E-state index in [0.29, 0.717) is 0 Å². The van der Waals surface area contributed by atoms with Gasteiger partial charge in [0, 0.05) is 23.3 Å². The lowest BCUT2D eigenvalue weighted by Gasteiger charge is -2.10. The molecule has 0 saturated heterocycles. The van der Waals surface area contributed by atoms with E-state index in [0.717, 1.165) is 11.6 Å². The molecule has 0 saturated carbocycles. The third-order valence-electron chi connectivity index (χ3n) is 2.26. The van der Waals surface area contributed by atoms with Gasteiger partial charge in [-0.05, 0) is 42.8 Å². The minimum Gasteiger partial charge on any atom is -0.328 e. The van der Waals surface area contributed by atoms with Crippen LogP contribution in [0.25, 0.3) is 0 Å². The highest BCUT2D eigenvalue weighted by atomic mass is 32.2. The summed E-state index contributed by atoms with van der Waals surface area (Å²) in [6, 6.07) is 10.2. The molecule has 1 atom stereocenters. The van der Waals surface area contributed by atoms with E-state index < -0.39 is 0 Å². The van der Waals surface area contributed by atoms with Gasteiger partial charge in [-0.2, -0.15) is 0 Å². The predicted octanol–water partition coefficient (Wildman–Crippen LogP) is 2.52. The Bertz CT molecular complexity index is 471. The number of benzene rings is 1. The lowest BCUT2D eigenvalue weighted by Crippen LogP contribution is -2.18. The zero-order valence-electron chi connectivity index (χ0n) is 9.71. The molecule has 0 radical (unpaired) electrons. The van der Waals surface area contributed by atoms with Crippen LogP contribution in [0.4, 0.5) is 0 Å². The fourth-order valence-electron chi connectivity index (χ4n) is 1.56. The summed E-state index contributed by atoms with van der Waals surface area (Å²) in [6.07, 6.45) is 4.38. The topological polar surface area (TPSA) is 51.8 Å². The van der Waals surface area contributed by atoms with Crippen molar-refractivity contribution in [3.8, 4) is 0 Å².